The van der Waals surface area contributed by atoms with Crippen LogP contribution < -0.4 is 0 Å². The lowest BCUT2D eigenvalue weighted by atomic mass is 10.0. The van der Waals surface area contributed by atoms with E-state index in [1.54, 1.807) is 10.7 Å². The lowest BCUT2D eigenvalue weighted by molar-refractivity contribution is 0.0673. The van der Waals surface area contributed by atoms with Gasteiger partial charge in [0.2, 0.25) is 0 Å². The van der Waals surface area contributed by atoms with Gasteiger partial charge in [0.1, 0.15) is 17.2 Å². The quantitative estimate of drug-likeness (QED) is 0.710. The molecule has 0 aromatic carbocycles. The highest BCUT2D eigenvalue weighted by Crippen LogP contribution is 2.24. The molecule has 0 unspecified atom stereocenters. The van der Waals surface area contributed by atoms with Gasteiger partial charge in [-0.3, -0.25) is 4.79 Å². The Morgan fingerprint density at radius 1 is 1.24 bits per heavy atom. The summed E-state index contributed by atoms with van der Waals surface area (Å²) in [5.74, 6) is 1.64. The zero-order valence-corrected chi connectivity index (χ0v) is 14.7. The van der Waals surface area contributed by atoms with Gasteiger partial charge in [0.05, 0.1) is 12.2 Å². The lowest BCUT2D eigenvalue weighted by Crippen LogP contribution is -2.41. The van der Waals surface area contributed by atoms with Crippen LogP contribution in [0.5, 0.6) is 0 Å². The Labute approximate surface area is 145 Å². The van der Waals surface area contributed by atoms with Crippen molar-refractivity contribution in [2.75, 3.05) is 13.1 Å². The number of hydrogen-bond acceptors (Lipinski definition) is 5. The number of amides is 1. The van der Waals surface area contributed by atoms with Gasteiger partial charge in [-0.1, -0.05) is 0 Å². The van der Waals surface area contributed by atoms with Gasteiger partial charge in [0.15, 0.2) is 5.65 Å². The van der Waals surface area contributed by atoms with Gasteiger partial charge in [-0.15, -0.1) is 0 Å². The van der Waals surface area contributed by atoms with E-state index in [-0.39, 0.29) is 11.9 Å². The SMILES string of the molecule is Cc1ccn2ncc(C(=O)N3CCC[C@@H](n4nc(C)nc4C)C3)c2n1. The molecule has 0 aliphatic carbocycles. The third-order valence-corrected chi connectivity index (χ3v) is 4.68. The maximum Gasteiger partial charge on any atom is 0.259 e. The summed E-state index contributed by atoms with van der Waals surface area (Å²) < 4.78 is 3.60. The molecule has 4 heterocycles. The minimum Gasteiger partial charge on any atom is -0.336 e. The number of nitrogens with zero attached hydrogens (tertiary/aromatic N) is 7. The monoisotopic (exact) mass is 339 g/mol. The van der Waals surface area contributed by atoms with Crippen molar-refractivity contribution < 1.29 is 4.79 Å². The molecule has 8 heteroatoms. The molecule has 3 aromatic rings. The van der Waals surface area contributed by atoms with Crippen LogP contribution in [0, 0.1) is 20.8 Å². The van der Waals surface area contributed by atoms with Crippen molar-refractivity contribution in [1.82, 2.24) is 34.3 Å². The van der Waals surface area contributed by atoms with Crippen molar-refractivity contribution in [1.29, 1.82) is 0 Å². The smallest absolute Gasteiger partial charge is 0.259 e. The molecule has 1 fully saturated rings. The predicted octanol–water partition coefficient (Wildman–Crippen LogP) is 1.72. The maximum atomic E-state index is 13.0. The van der Waals surface area contributed by atoms with Gasteiger partial charge >= 0.3 is 0 Å². The van der Waals surface area contributed by atoms with E-state index >= 15 is 0 Å². The summed E-state index contributed by atoms with van der Waals surface area (Å²) in [6, 6.07) is 2.04. The lowest BCUT2D eigenvalue weighted by Gasteiger charge is -2.32. The van der Waals surface area contributed by atoms with E-state index < -0.39 is 0 Å². The number of fused-ring (bicyclic) bond motifs is 1. The van der Waals surface area contributed by atoms with Crippen molar-refractivity contribution >= 4 is 11.6 Å². The summed E-state index contributed by atoms with van der Waals surface area (Å²) in [7, 11) is 0. The number of hydrogen-bond donors (Lipinski definition) is 0. The van der Waals surface area contributed by atoms with Crippen LogP contribution in [0.15, 0.2) is 18.5 Å². The third kappa shape index (κ3) is 2.77. The molecule has 130 valence electrons. The van der Waals surface area contributed by atoms with Crippen molar-refractivity contribution in [3.8, 4) is 0 Å². The second-order valence-electron chi connectivity index (χ2n) is 6.59. The number of piperidine rings is 1. The normalized spacial score (nSPS) is 18.0. The molecular weight excluding hydrogens is 318 g/mol. The largest absolute Gasteiger partial charge is 0.336 e. The zero-order valence-electron chi connectivity index (χ0n) is 14.7. The van der Waals surface area contributed by atoms with Crippen LogP contribution in [0.3, 0.4) is 0 Å². The third-order valence-electron chi connectivity index (χ3n) is 4.68. The molecule has 1 aliphatic heterocycles. The molecule has 0 N–H and O–H groups in total. The Kier molecular flexibility index (Phi) is 3.74. The summed E-state index contributed by atoms with van der Waals surface area (Å²) in [4.78, 5) is 23.8. The Morgan fingerprint density at radius 2 is 2.08 bits per heavy atom. The Hall–Kier alpha value is -2.77. The topological polar surface area (TPSA) is 81.2 Å². The van der Waals surface area contributed by atoms with E-state index in [2.05, 4.69) is 20.2 Å². The summed E-state index contributed by atoms with van der Waals surface area (Å²) in [5.41, 5.74) is 2.03. The number of rotatable bonds is 2. The van der Waals surface area contributed by atoms with Crippen LogP contribution in [0.1, 0.15) is 46.6 Å². The van der Waals surface area contributed by atoms with Crippen molar-refractivity contribution in [2.24, 2.45) is 0 Å². The fraction of sp³-hybridized carbons (Fsp3) is 0.471. The molecule has 0 bridgehead atoms. The summed E-state index contributed by atoms with van der Waals surface area (Å²) >= 11 is 0. The van der Waals surface area contributed by atoms with Crippen LogP contribution in [0.2, 0.25) is 0 Å². The van der Waals surface area contributed by atoms with E-state index in [4.69, 9.17) is 0 Å². The summed E-state index contributed by atoms with van der Waals surface area (Å²) in [5, 5.41) is 8.74. The second kappa shape index (κ2) is 5.94. The van der Waals surface area contributed by atoms with Crippen LogP contribution in [-0.2, 0) is 0 Å². The van der Waals surface area contributed by atoms with E-state index in [9.17, 15) is 4.79 Å². The van der Waals surface area contributed by atoms with Crippen molar-refractivity contribution in [2.45, 2.75) is 39.7 Å². The van der Waals surface area contributed by atoms with Gasteiger partial charge < -0.3 is 4.90 Å². The van der Waals surface area contributed by atoms with Crippen LogP contribution in [0.4, 0.5) is 0 Å². The molecule has 8 nitrogen and oxygen atoms in total. The van der Waals surface area contributed by atoms with E-state index in [1.807, 2.05) is 42.6 Å². The highest BCUT2D eigenvalue weighted by atomic mass is 16.2. The number of aromatic nitrogens is 6. The highest BCUT2D eigenvalue weighted by Gasteiger charge is 2.29. The molecule has 0 spiro atoms. The minimum atomic E-state index is -0.0210. The average molecular weight is 339 g/mol. The Morgan fingerprint density at radius 3 is 2.84 bits per heavy atom. The summed E-state index contributed by atoms with van der Waals surface area (Å²) in [6.07, 6.45) is 5.38. The molecule has 1 atom stereocenters. The number of carbonyl (C=O) groups is 1. The average Bonchev–Trinajstić information content (AvgIpc) is 3.16. The predicted molar refractivity (Wildman–Crippen MR) is 91.4 cm³/mol. The molecule has 3 aromatic heterocycles. The fourth-order valence-corrected chi connectivity index (χ4v) is 3.50. The van der Waals surface area contributed by atoms with Crippen LogP contribution in [-0.4, -0.2) is 53.3 Å². The molecule has 0 saturated carbocycles. The Balaban J connectivity index is 1.61. The van der Waals surface area contributed by atoms with E-state index in [1.165, 1.54) is 0 Å². The fourth-order valence-electron chi connectivity index (χ4n) is 3.50. The van der Waals surface area contributed by atoms with Crippen molar-refractivity contribution in [3.05, 3.63) is 41.4 Å². The van der Waals surface area contributed by atoms with Gasteiger partial charge in [-0.2, -0.15) is 10.2 Å². The van der Waals surface area contributed by atoms with Gasteiger partial charge in [0, 0.05) is 25.0 Å². The molecule has 25 heavy (non-hydrogen) atoms. The second-order valence-corrected chi connectivity index (χ2v) is 6.59. The van der Waals surface area contributed by atoms with E-state index in [0.29, 0.717) is 17.8 Å². The first-order valence-corrected chi connectivity index (χ1v) is 8.53. The standard InChI is InChI=1S/C17H21N7O/c1-11-6-8-23-16(19-11)15(9-18-23)17(25)22-7-4-5-14(10-22)24-13(3)20-12(2)21-24/h6,8-9,14H,4-5,7,10H2,1-3H3/t14-/m1/s1. The number of aryl methyl sites for hydroxylation is 3. The van der Waals surface area contributed by atoms with Gasteiger partial charge in [-0.05, 0) is 39.7 Å². The first kappa shape index (κ1) is 15.7. The first-order chi connectivity index (χ1) is 12.0. The molecule has 4 rings (SSSR count). The van der Waals surface area contributed by atoms with Crippen molar-refractivity contribution in [3.63, 3.8) is 0 Å². The highest BCUT2D eigenvalue weighted by molar-refractivity contribution is 5.99. The molecule has 1 amide bonds. The molecule has 1 saturated heterocycles. The first-order valence-electron chi connectivity index (χ1n) is 8.53. The molecule has 0 radical (unpaired) electrons. The number of carbonyl (C=O) groups excluding carboxylic acids is 1. The minimum absolute atomic E-state index is 0.0210. The number of likely N-dealkylation sites (tertiary alicyclic amines) is 1. The van der Waals surface area contributed by atoms with Crippen LogP contribution >= 0.6 is 0 Å². The Bertz CT molecular complexity index is 942. The molecule has 1 aliphatic rings. The van der Waals surface area contributed by atoms with E-state index in [0.717, 1.165) is 36.7 Å². The van der Waals surface area contributed by atoms with Gasteiger partial charge in [0.25, 0.3) is 5.91 Å². The van der Waals surface area contributed by atoms with Gasteiger partial charge in [-0.25, -0.2) is 19.2 Å². The maximum absolute atomic E-state index is 13.0. The zero-order chi connectivity index (χ0) is 17.6. The summed E-state index contributed by atoms with van der Waals surface area (Å²) in [6.45, 7) is 7.13. The van der Waals surface area contributed by atoms with Crippen LogP contribution in [0.25, 0.3) is 5.65 Å². The molecular formula is C17H21N7O.